The summed E-state index contributed by atoms with van der Waals surface area (Å²) < 4.78 is 0. The van der Waals surface area contributed by atoms with E-state index in [2.05, 4.69) is 36.5 Å². The maximum Gasteiger partial charge on any atom is 0.168 e. The van der Waals surface area contributed by atoms with Crippen molar-refractivity contribution in [2.24, 2.45) is 11.7 Å². The second-order valence-corrected chi connectivity index (χ2v) is 6.06. The number of thiocarbonyl (C=S) groups is 1. The Morgan fingerprint density at radius 1 is 1.21 bits per heavy atom. The lowest BCUT2D eigenvalue weighted by Crippen LogP contribution is -2.18. The van der Waals surface area contributed by atoms with Gasteiger partial charge in [-0.15, -0.1) is 0 Å². The molecule has 0 spiro atoms. The Hall–Kier alpha value is -1.09. The Labute approximate surface area is 121 Å². The molecular formula is C16H24N2S. The number of rotatable bonds is 4. The highest BCUT2D eigenvalue weighted by molar-refractivity contribution is 7.80. The van der Waals surface area contributed by atoms with E-state index < -0.39 is 0 Å². The third kappa shape index (κ3) is 4.20. The summed E-state index contributed by atoms with van der Waals surface area (Å²) in [4.78, 5) is 0. The maximum absolute atomic E-state index is 5.47. The quantitative estimate of drug-likeness (QED) is 0.800. The number of nitrogens with one attached hydrogen (secondary N) is 1. The van der Waals surface area contributed by atoms with E-state index in [0.29, 0.717) is 5.11 Å². The van der Waals surface area contributed by atoms with Crippen LogP contribution in [0.2, 0.25) is 0 Å². The number of benzene rings is 1. The van der Waals surface area contributed by atoms with E-state index in [1.165, 1.54) is 44.1 Å². The molecule has 0 heterocycles. The summed E-state index contributed by atoms with van der Waals surface area (Å²) in [6.07, 6.45) is 8.20. The highest BCUT2D eigenvalue weighted by Gasteiger charge is 2.21. The Kier molecular flexibility index (Phi) is 5.20. The van der Waals surface area contributed by atoms with Crippen molar-refractivity contribution in [3.63, 3.8) is 0 Å². The van der Waals surface area contributed by atoms with Crippen LogP contribution in [0.1, 0.15) is 56.9 Å². The first-order valence-electron chi connectivity index (χ1n) is 7.35. The van der Waals surface area contributed by atoms with Crippen molar-refractivity contribution in [3.8, 4) is 0 Å². The van der Waals surface area contributed by atoms with E-state index in [1.54, 1.807) is 0 Å². The Balaban J connectivity index is 1.90. The average Bonchev–Trinajstić information content (AvgIpc) is 2.40. The summed E-state index contributed by atoms with van der Waals surface area (Å²) in [5, 5.41) is 3.29. The minimum absolute atomic E-state index is 0.327. The molecule has 3 N–H and O–H groups in total. The molecule has 0 atom stereocenters. The molecule has 0 aromatic heterocycles. The van der Waals surface area contributed by atoms with Crippen LogP contribution in [0.3, 0.4) is 0 Å². The Morgan fingerprint density at radius 3 is 2.37 bits per heavy atom. The van der Waals surface area contributed by atoms with Crippen LogP contribution in [0, 0.1) is 5.92 Å². The smallest absolute Gasteiger partial charge is 0.168 e. The zero-order valence-electron chi connectivity index (χ0n) is 11.7. The van der Waals surface area contributed by atoms with Gasteiger partial charge < -0.3 is 11.1 Å². The van der Waals surface area contributed by atoms with Gasteiger partial charge >= 0.3 is 0 Å². The lowest BCUT2D eigenvalue weighted by Gasteiger charge is -2.28. The van der Waals surface area contributed by atoms with Gasteiger partial charge in [-0.25, -0.2) is 0 Å². The molecule has 0 unspecified atom stereocenters. The van der Waals surface area contributed by atoms with E-state index in [-0.39, 0.29) is 0 Å². The highest BCUT2D eigenvalue weighted by atomic mass is 32.1. The van der Waals surface area contributed by atoms with Crippen LogP contribution in [0.4, 0.5) is 5.69 Å². The van der Waals surface area contributed by atoms with E-state index in [1.807, 2.05) is 0 Å². The van der Waals surface area contributed by atoms with Crippen LogP contribution in [-0.2, 0) is 0 Å². The topological polar surface area (TPSA) is 38.0 Å². The number of nitrogens with two attached hydrogens (primary N) is 1. The summed E-state index contributed by atoms with van der Waals surface area (Å²) in [7, 11) is 0. The fourth-order valence-electron chi connectivity index (χ4n) is 3.17. The van der Waals surface area contributed by atoms with E-state index >= 15 is 0 Å². The first-order chi connectivity index (χ1) is 9.19. The lowest BCUT2D eigenvalue weighted by molar-refractivity contribution is 0.308. The first-order valence-corrected chi connectivity index (χ1v) is 7.76. The molecule has 1 aliphatic carbocycles. The number of hydrogen-bond acceptors (Lipinski definition) is 1. The van der Waals surface area contributed by atoms with E-state index in [0.717, 1.165) is 17.5 Å². The molecule has 0 bridgehead atoms. The van der Waals surface area contributed by atoms with Crippen LogP contribution >= 0.6 is 12.2 Å². The molecule has 2 nitrogen and oxygen atoms in total. The van der Waals surface area contributed by atoms with Gasteiger partial charge in [-0.3, -0.25) is 0 Å². The van der Waals surface area contributed by atoms with Gasteiger partial charge in [0.2, 0.25) is 0 Å². The number of anilines is 1. The molecule has 3 heteroatoms. The minimum Gasteiger partial charge on any atom is -0.376 e. The molecule has 0 radical (unpaired) electrons. The molecule has 1 fully saturated rings. The molecule has 1 aromatic rings. The standard InChI is InChI=1S/C16H24N2S/c1-2-3-12-4-6-13(7-5-12)14-8-10-15(11-9-14)18-16(17)19/h8-13H,2-7H2,1H3,(H3,17,18,19)/t12-,13-. The summed E-state index contributed by atoms with van der Waals surface area (Å²) in [6, 6.07) is 8.58. The van der Waals surface area contributed by atoms with Crippen molar-refractivity contribution in [1.82, 2.24) is 0 Å². The molecule has 104 valence electrons. The second kappa shape index (κ2) is 6.90. The molecule has 1 saturated carbocycles. The molecule has 0 amide bonds. The molecular weight excluding hydrogens is 252 g/mol. The van der Waals surface area contributed by atoms with Crippen LogP contribution in [-0.4, -0.2) is 5.11 Å². The maximum atomic E-state index is 5.47. The van der Waals surface area contributed by atoms with E-state index in [9.17, 15) is 0 Å². The summed E-state index contributed by atoms with van der Waals surface area (Å²) in [5.74, 6) is 1.71. The molecule has 19 heavy (non-hydrogen) atoms. The van der Waals surface area contributed by atoms with E-state index in [4.69, 9.17) is 18.0 Å². The summed E-state index contributed by atoms with van der Waals surface area (Å²) >= 11 is 4.84. The normalized spacial score (nSPS) is 23.0. The van der Waals surface area contributed by atoms with Crippen molar-refractivity contribution >= 4 is 23.0 Å². The predicted octanol–water partition coefficient (Wildman–Crippen LogP) is 4.42. The van der Waals surface area contributed by atoms with Crippen molar-refractivity contribution in [1.29, 1.82) is 0 Å². The Morgan fingerprint density at radius 2 is 1.84 bits per heavy atom. The van der Waals surface area contributed by atoms with Gasteiger partial charge in [-0.2, -0.15) is 0 Å². The van der Waals surface area contributed by atoms with Crippen molar-refractivity contribution in [3.05, 3.63) is 29.8 Å². The number of hydrogen-bond donors (Lipinski definition) is 2. The second-order valence-electron chi connectivity index (χ2n) is 5.62. The van der Waals surface area contributed by atoms with Gasteiger partial charge in [0.05, 0.1) is 0 Å². The zero-order valence-corrected chi connectivity index (χ0v) is 12.5. The van der Waals surface area contributed by atoms with Gasteiger partial charge in [0, 0.05) is 5.69 Å². The first kappa shape index (κ1) is 14.3. The third-order valence-corrected chi connectivity index (χ3v) is 4.30. The SMILES string of the molecule is CCC[C@H]1CC[C@H](c2ccc(NC(N)=S)cc2)CC1. The summed E-state index contributed by atoms with van der Waals surface area (Å²) in [6.45, 7) is 2.29. The molecule has 2 rings (SSSR count). The van der Waals surface area contributed by atoms with Gasteiger partial charge in [0.15, 0.2) is 5.11 Å². The van der Waals surface area contributed by atoms with Gasteiger partial charge in [0.25, 0.3) is 0 Å². The molecule has 1 aromatic carbocycles. The highest BCUT2D eigenvalue weighted by Crippen LogP contribution is 2.37. The molecule has 0 aliphatic heterocycles. The third-order valence-electron chi connectivity index (χ3n) is 4.19. The predicted molar refractivity (Wildman–Crippen MR) is 86.5 cm³/mol. The van der Waals surface area contributed by atoms with Crippen molar-refractivity contribution < 1.29 is 0 Å². The summed E-state index contributed by atoms with van der Waals surface area (Å²) in [5.41, 5.74) is 7.91. The van der Waals surface area contributed by atoms with Crippen molar-refractivity contribution in [2.75, 3.05) is 5.32 Å². The van der Waals surface area contributed by atoms with Gasteiger partial charge in [-0.1, -0.05) is 31.9 Å². The fraction of sp³-hybridized carbons (Fsp3) is 0.562. The van der Waals surface area contributed by atoms with Crippen molar-refractivity contribution in [2.45, 2.75) is 51.4 Å². The molecule has 1 aliphatic rings. The molecule has 0 saturated heterocycles. The average molecular weight is 276 g/mol. The fourth-order valence-corrected chi connectivity index (χ4v) is 3.29. The van der Waals surface area contributed by atoms with Crippen LogP contribution in [0.15, 0.2) is 24.3 Å². The largest absolute Gasteiger partial charge is 0.376 e. The van der Waals surface area contributed by atoms with Crippen LogP contribution in [0.25, 0.3) is 0 Å². The lowest BCUT2D eigenvalue weighted by atomic mass is 9.77. The van der Waals surface area contributed by atoms with Crippen LogP contribution < -0.4 is 11.1 Å². The zero-order chi connectivity index (χ0) is 13.7. The minimum atomic E-state index is 0.327. The Bertz CT molecular complexity index is 405. The van der Waals surface area contributed by atoms with Gasteiger partial charge in [-0.05, 0) is 67.4 Å². The monoisotopic (exact) mass is 276 g/mol. The van der Waals surface area contributed by atoms with Gasteiger partial charge in [0.1, 0.15) is 0 Å². The van der Waals surface area contributed by atoms with Crippen LogP contribution in [0.5, 0.6) is 0 Å².